The Kier molecular flexibility index (Phi) is 4.82. The van der Waals surface area contributed by atoms with Gasteiger partial charge in [-0.05, 0) is 56.8 Å². The second-order valence-corrected chi connectivity index (χ2v) is 8.85. The molecular formula is C18H25FN2O2S. The molecule has 24 heavy (non-hydrogen) atoms. The smallest absolute Gasteiger partial charge is 0.243 e. The lowest BCUT2D eigenvalue weighted by Gasteiger charge is -2.45. The van der Waals surface area contributed by atoms with E-state index < -0.39 is 15.8 Å². The number of hydrogen-bond acceptors (Lipinski definition) is 3. The minimum atomic E-state index is -3.66. The number of rotatable bonds is 4. The summed E-state index contributed by atoms with van der Waals surface area (Å²) in [4.78, 5) is 2.41. The molecule has 2 fully saturated rings. The molecule has 0 radical (unpaired) electrons. The van der Waals surface area contributed by atoms with Crippen molar-refractivity contribution in [2.75, 3.05) is 26.2 Å². The number of nitrogens with zero attached hydrogens (tertiary/aromatic N) is 2. The second kappa shape index (κ2) is 6.58. The Morgan fingerprint density at radius 2 is 2.00 bits per heavy atom. The highest BCUT2D eigenvalue weighted by Gasteiger charge is 2.46. The van der Waals surface area contributed by atoms with Crippen LogP contribution in [0.5, 0.6) is 0 Å². The average Bonchev–Trinajstić information content (AvgIpc) is 2.92. The van der Waals surface area contributed by atoms with Crippen LogP contribution in [0, 0.1) is 12.7 Å². The molecule has 6 heteroatoms. The highest BCUT2D eigenvalue weighted by atomic mass is 32.2. The Morgan fingerprint density at radius 1 is 1.29 bits per heavy atom. The number of likely N-dealkylation sites (tertiary alicyclic amines) is 1. The molecule has 1 atom stereocenters. The van der Waals surface area contributed by atoms with E-state index in [-0.39, 0.29) is 10.4 Å². The van der Waals surface area contributed by atoms with E-state index >= 15 is 0 Å². The van der Waals surface area contributed by atoms with Gasteiger partial charge in [0, 0.05) is 25.2 Å². The molecular weight excluding hydrogens is 327 g/mol. The van der Waals surface area contributed by atoms with Crippen LogP contribution in [0.1, 0.15) is 31.2 Å². The van der Waals surface area contributed by atoms with Gasteiger partial charge in [0.15, 0.2) is 0 Å². The predicted molar refractivity (Wildman–Crippen MR) is 92.9 cm³/mol. The van der Waals surface area contributed by atoms with Crippen molar-refractivity contribution in [2.24, 2.45) is 0 Å². The second-order valence-electron chi connectivity index (χ2n) is 6.92. The largest absolute Gasteiger partial charge is 0.293 e. The van der Waals surface area contributed by atoms with Crippen LogP contribution >= 0.6 is 0 Å². The van der Waals surface area contributed by atoms with Gasteiger partial charge in [-0.15, -0.1) is 6.58 Å². The van der Waals surface area contributed by atoms with Gasteiger partial charge < -0.3 is 0 Å². The van der Waals surface area contributed by atoms with Crippen molar-refractivity contribution in [2.45, 2.75) is 43.0 Å². The number of halogens is 1. The quantitative estimate of drug-likeness (QED) is 0.783. The topological polar surface area (TPSA) is 40.6 Å². The number of hydrogen-bond donors (Lipinski definition) is 0. The number of piperidine rings is 1. The molecule has 0 saturated carbocycles. The van der Waals surface area contributed by atoms with E-state index in [1.54, 1.807) is 11.2 Å². The first kappa shape index (κ1) is 17.6. The Balaban J connectivity index is 1.88. The summed E-state index contributed by atoms with van der Waals surface area (Å²) in [5, 5.41) is 0. The van der Waals surface area contributed by atoms with Crippen LogP contribution in [0.3, 0.4) is 0 Å². The average molecular weight is 352 g/mol. The van der Waals surface area contributed by atoms with E-state index in [1.807, 2.05) is 6.08 Å². The lowest BCUT2D eigenvalue weighted by atomic mass is 9.87. The van der Waals surface area contributed by atoms with Gasteiger partial charge in [0.05, 0.1) is 4.90 Å². The molecule has 3 rings (SSSR count). The zero-order chi connectivity index (χ0) is 17.4. The van der Waals surface area contributed by atoms with Gasteiger partial charge >= 0.3 is 0 Å². The maximum atomic E-state index is 13.8. The molecule has 0 amide bonds. The molecule has 0 bridgehead atoms. The standard InChI is InChI=1S/C18H25FN2O2S/c1-3-10-20-11-4-8-18(20)9-5-12-21(14-18)24(22,23)16-7-6-15(2)17(19)13-16/h3,6-7,13H,1,4-5,8-12,14H2,2H3. The van der Waals surface area contributed by atoms with Crippen LogP contribution < -0.4 is 0 Å². The van der Waals surface area contributed by atoms with E-state index in [0.29, 0.717) is 18.7 Å². The molecule has 0 aliphatic carbocycles. The normalized spacial score (nSPS) is 26.1. The summed E-state index contributed by atoms with van der Waals surface area (Å²) in [5.74, 6) is -0.475. The Hall–Kier alpha value is -1.24. The van der Waals surface area contributed by atoms with Gasteiger partial charge in [0.2, 0.25) is 10.0 Å². The predicted octanol–water partition coefficient (Wildman–Crippen LogP) is 2.94. The highest BCUT2D eigenvalue weighted by Crippen LogP contribution is 2.38. The summed E-state index contributed by atoms with van der Waals surface area (Å²) in [6.45, 7) is 8.21. The monoisotopic (exact) mass is 352 g/mol. The molecule has 2 aliphatic rings. The summed E-state index contributed by atoms with van der Waals surface area (Å²) in [6, 6.07) is 4.18. The van der Waals surface area contributed by atoms with Crippen molar-refractivity contribution >= 4 is 10.0 Å². The van der Waals surface area contributed by atoms with Crippen molar-refractivity contribution in [1.82, 2.24) is 9.21 Å². The van der Waals surface area contributed by atoms with Gasteiger partial charge in [-0.1, -0.05) is 12.1 Å². The van der Waals surface area contributed by atoms with Crippen LogP contribution in [0.4, 0.5) is 4.39 Å². The fraction of sp³-hybridized carbons (Fsp3) is 0.556. The zero-order valence-electron chi connectivity index (χ0n) is 14.2. The summed E-state index contributed by atoms with van der Waals surface area (Å²) >= 11 is 0. The Labute approximate surface area is 144 Å². The van der Waals surface area contributed by atoms with Gasteiger partial charge in [0.1, 0.15) is 5.82 Å². The van der Waals surface area contributed by atoms with Crippen molar-refractivity contribution in [3.05, 3.63) is 42.2 Å². The van der Waals surface area contributed by atoms with Gasteiger partial charge in [-0.25, -0.2) is 12.8 Å². The fourth-order valence-corrected chi connectivity index (χ4v) is 5.63. The van der Waals surface area contributed by atoms with Crippen molar-refractivity contribution in [3.63, 3.8) is 0 Å². The van der Waals surface area contributed by atoms with Gasteiger partial charge in [-0.3, -0.25) is 4.90 Å². The van der Waals surface area contributed by atoms with Gasteiger partial charge in [0.25, 0.3) is 0 Å². The molecule has 0 aromatic heterocycles. The molecule has 4 nitrogen and oxygen atoms in total. The molecule has 1 unspecified atom stereocenters. The summed E-state index contributed by atoms with van der Waals surface area (Å²) in [6.07, 6.45) is 5.82. The maximum absolute atomic E-state index is 13.8. The number of aryl methyl sites for hydroxylation is 1. The molecule has 2 heterocycles. The van der Waals surface area contributed by atoms with Crippen LogP contribution in [0.25, 0.3) is 0 Å². The summed E-state index contributed by atoms with van der Waals surface area (Å²) in [7, 11) is -3.66. The summed E-state index contributed by atoms with van der Waals surface area (Å²) in [5.41, 5.74) is 0.361. The highest BCUT2D eigenvalue weighted by molar-refractivity contribution is 7.89. The maximum Gasteiger partial charge on any atom is 0.243 e. The molecule has 1 spiro atoms. The van der Waals surface area contributed by atoms with Crippen LogP contribution in [-0.2, 0) is 10.0 Å². The third kappa shape index (κ3) is 3.03. The fourth-order valence-electron chi connectivity index (χ4n) is 4.06. The minimum absolute atomic E-state index is 0.0518. The van der Waals surface area contributed by atoms with E-state index in [9.17, 15) is 12.8 Å². The van der Waals surface area contributed by atoms with Crippen LogP contribution in [0.2, 0.25) is 0 Å². The van der Waals surface area contributed by atoms with E-state index in [4.69, 9.17) is 0 Å². The lowest BCUT2D eigenvalue weighted by molar-refractivity contribution is 0.0841. The first-order chi connectivity index (χ1) is 11.4. The van der Waals surface area contributed by atoms with Crippen LogP contribution in [-0.4, -0.2) is 49.3 Å². The summed E-state index contributed by atoms with van der Waals surface area (Å²) < 4.78 is 41.3. The SMILES string of the molecule is C=CCN1CCCC12CCCN(S(=O)(=O)c1ccc(C)c(F)c1)C2. The molecule has 1 aromatic rings. The van der Waals surface area contributed by atoms with Crippen molar-refractivity contribution < 1.29 is 12.8 Å². The molecule has 2 saturated heterocycles. The van der Waals surface area contributed by atoms with E-state index in [1.165, 1.54) is 12.1 Å². The minimum Gasteiger partial charge on any atom is -0.293 e. The number of benzene rings is 1. The van der Waals surface area contributed by atoms with E-state index in [2.05, 4.69) is 11.5 Å². The van der Waals surface area contributed by atoms with Crippen molar-refractivity contribution in [3.8, 4) is 0 Å². The van der Waals surface area contributed by atoms with Crippen LogP contribution in [0.15, 0.2) is 35.7 Å². The van der Waals surface area contributed by atoms with Gasteiger partial charge in [-0.2, -0.15) is 4.31 Å². The van der Waals surface area contributed by atoms with E-state index in [0.717, 1.165) is 44.8 Å². The Morgan fingerprint density at radius 3 is 2.67 bits per heavy atom. The first-order valence-corrected chi connectivity index (χ1v) is 9.95. The molecule has 2 aliphatic heterocycles. The van der Waals surface area contributed by atoms with Crippen molar-refractivity contribution in [1.29, 1.82) is 0 Å². The number of sulfonamides is 1. The molecule has 1 aromatic carbocycles. The first-order valence-electron chi connectivity index (χ1n) is 8.51. The zero-order valence-corrected chi connectivity index (χ0v) is 15.0. The lowest BCUT2D eigenvalue weighted by Crippen LogP contribution is -2.56. The third-order valence-electron chi connectivity index (χ3n) is 5.39. The third-order valence-corrected chi connectivity index (χ3v) is 7.23. The molecule has 0 N–H and O–H groups in total. The Bertz CT molecular complexity index is 735. The molecule has 132 valence electrons.